The first-order valence-corrected chi connectivity index (χ1v) is 13.7. The van der Waals surface area contributed by atoms with Gasteiger partial charge < -0.3 is 9.80 Å². The molecule has 5 rings (SSSR count). The van der Waals surface area contributed by atoms with Crippen LogP contribution in [-0.4, -0.2) is 51.5 Å². The highest BCUT2D eigenvalue weighted by Gasteiger charge is 2.29. The van der Waals surface area contributed by atoms with Crippen LogP contribution in [0.25, 0.3) is 28.0 Å². The van der Waals surface area contributed by atoms with Crippen molar-refractivity contribution in [1.29, 1.82) is 0 Å². The van der Waals surface area contributed by atoms with Gasteiger partial charge in [0, 0.05) is 43.3 Å². The number of nitrogens with zero attached hydrogens (tertiary/aromatic N) is 5. The number of benzene rings is 1. The predicted molar refractivity (Wildman–Crippen MR) is 161 cm³/mol. The average molecular weight is 570 g/mol. The zero-order valence-electron chi connectivity index (χ0n) is 23.1. The Morgan fingerprint density at radius 1 is 1.17 bits per heavy atom. The molecule has 3 aromatic heterocycles. The van der Waals surface area contributed by atoms with Crippen LogP contribution in [0.3, 0.4) is 0 Å². The van der Waals surface area contributed by atoms with E-state index in [9.17, 15) is 14.0 Å². The van der Waals surface area contributed by atoms with E-state index in [4.69, 9.17) is 23.0 Å². The molecule has 0 saturated carbocycles. The second-order valence-electron chi connectivity index (χ2n) is 10.2. The van der Waals surface area contributed by atoms with Gasteiger partial charge in [-0.25, -0.2) is 9.37 Å². The standard InChI is InChI=1S/C32H29ClFN5O2/c1-6-21-30(38-16-14-37(15-17-38)26(40)7-2)23-18-24(33)28(22-10-8-9-11-25(22)34)36-31(23)39(32(21)41)29-20(5)12-13-35-27(29)19(3)4/h1,7-13,18-19H,2,14-17H2,3-5H3. The summed E-state index contributed by atoms with van der Waals surface area (Å²) < 4.78 is 16.5. The number of aromatic nitrogens is 3. The number of fused-ring (bicyclic) bond motifs is 1. The number of aryl methyl sites for hydroxylation is 1. The lowest BCUT2D eigenvalue weighted by atomic mass is 10.0. The highest BCUT2D eigenvalue weighted by atomic mass is 35.5. The molecular formula is C32H29ClFN5O2. The summed E-state index contributed by atoms with van der Waals surface area (Å²) in [5.74, 6) is 1.97. The van der Waals surface area contributed by atoms with Crippen LogP contribution in [0.2, 0.25) is 5.02 Å². The van der Waals surface area contributed by atoms with Crippen molar-refractivity contribution in [2.45, 2.75) is 26.7 Å². The molecule has 4 aromatic rings. The second-order valence-corrected chi connectivity index (χ2v) is 10.6. The molecule has 0 bridgehead atoms. The maximum absolute atomic E-state index is 15.0. The molecule has 1 saturated heterocycles. The van der Waals surface area contributed by atoms with Crippen molar-refractivity contribution in [2.75, 3.05) is 31.1 Å². The quantitative estimate of drug-likeness (QED) is 0.235. The summed E-state index contributed by atoms with van der Waals surface area (Å²) in [7, 11) is 0. The van der Waals surface area contributed by atoms with Gasteiger partial charge in [-0.05, 0) is 48.7 Å². The van der Waals surface area contributed by atoms with Gasteiger partial charge >= 0.3 is 0 Å². The van der Waals surface area contributed by atoms with E-state index in [1.165, 1.54) is 16.7 Å². The zero-order valence-corrected chi connectivity index (χ0v) is 23.9. The molecule has 0 N–H and O–H groups in total. The number of carbonyl (C=O) groups is 1. The van der Waals surface area contributed by atoms with Gasteiger partial charge in [-0.2, -0.15) is 0 Å². The normalized spacial score (nSPS) is 13.5. The van der Waals surface area contributed by atoms with E-state index < -0.39 is 11.4 Å². The fourth-order valence-corrected chi connectivity index (χ4v) is 5.59. The summed E-state index contributed by atoms with van der Waals surface area (Å²) in [6.07, 6.45) is 9.01. The molecule has 208 valence electrons. The molecule has 1 amide bonds. The highest BCUT2D eigenvalue weighted by molar-refractivity contribution is 6.34. The molecule has 0 atom stereocenters. The van der Waals surface area contributed by atoms with Gasteiger partial charge in [0.15, 0.2) is 0 Å². The summed E-state index contributed by atoms with van der Waals surface area (Å²) in [6.45, 7) is 11.2. The number of carbonyl (C=O) groups excluding carboxylic acids is 1. The van der Waals surface area contributed by atoms with Crippen molar-refractivity contribution in [3.63, 3.8) is 0 Å². The topological polar surface area (TPSA) is 71.3 Å². The SMILES string of the molecule is C#Cc1c(N2CCN(C(=O)C=C)CC2)c2cc(Cl)c(-c3ccccc3F)nc2n(-c2c(C)ccnc2C(C)C)c1=O. The lowest BCUT2D eigenvalue weighted by molar-refractivity contribution is -0.126. The first-order chi connectivity index (χ1) is 19.7. The maximum atomic E-state index is 15.0. The monoisotopic (exact) mass is 569 g/mol. The summed E-state index contributed by atoms with van der Waals surface area (Å²) in [4.78, 5) is 39.7. The summed E-state index contributed by atoms with van der Waals surface area (Å²) >= 11 is 6.79. The number of hydrogen-bond acceptors (Lipinski definition) is 5. The van der Waals surface area contributed by atoms with E-state index in [0.717, 1.165) is 5.56 Å². The van der Waals surface area contributed by atoms with E-state index in [1.54, 1.807) is 35.4 Å². The van der Waals surface area contributed by atoms with Crippen LogP contribution in [0.5, 0.6) is 0 Å². The molecule has 1 aliphatic rings. The first-order valence-electron chi connectivity index (χ1n) is 13.3. The minimum atomic E-state index is -0.487. The Labute approximate surface area is 242 Å². The molecular weight excluding hydrogens is 541 g/mol. The summed E-state index contributed by atoms with van der Waals surface area (Å²) in [5.41, 5.74) is 3.02. The van der Waals surface area contributed by atoms with Crippen molar-refractivity contribution in [3.8, 4) is 29.3 Å². The van der Waals surface area contributed by atoms with Gasteiger partial charge in [0.05, 0.1) is 27.8 Å². The van der Waals surface area contributed by atoms with Crippen molar-refractivity contribution < 1.29 is 9.18 Å². The predicted octanol–water partition coefficient (Wildman–Crippen LogP) is 5.49. The van der Waals surface area contributed by atoms with E-state index in [0.29, 0.717) is 48.6 Å². The number of hydrogen-bond donors (Lipinski definition) is 0. The third-order valence-electron chi connectivity index (χ3n) is 7.36. The molecule has 41 heavy (non-hydrogen) atoms. The van der Waals surface area contributed by atoms with Crippen LogP contribution in [0.1, 0.15) is 36.6 Å². The average Bonchev–Trinajstić information content (AvgIpc) is 2.97. The van der Waals surface area contributed by atoms with Gasteiger partial charge in [0.1, 0.15) is 17.0 Å². The van der Waals surface area contributed by atoms with Crippen molar-refractivity contribution in [2.24, 2.45) is 0 Å². The first kappa shape index (κ1) is 28.1. The molecule has 1 aliphatic heterocycles. The molecule has 0 spiro atoms. The second kappa shape index (κ2) is 11.2. The van der Waals surface area contributed by atoms with Crippen LogP contribution in [-0.2, 0) is 4.79 Å². The molecule has 1 aromatic carbocycles. The van der Waals surface area contributed by atoms with E-state index in [2.05, 4.69) is 17.5 Å². The number of halogens is 2. The zero-order chi connectivity index (χ0) is 29.4. The van der Waals surface area contributed by atoms with Crippen LogP contribution in [0, 0.1) is 25.1 Å². The third-order valence-corrected chi connectivity index (χ3v) is 7.64. The Bertz CT molecular complexity index is 1800. The third kappa shape index (κ3) is 4.87. The maximum Gasteiger partial charge on any atom is 0.274 e. The Hall–Kier alpha value is -4.48. The van der Waals surface area contributed by atoms with Crippen LogP contribution < -0.4 is 10.5 Å². The van der Waals surface area contributed by atoms with Gasteiger partial charge in [-0.3, -0.25) is 19.1 Å². The Morgan fingerprint density at radius 2 is 1.88 bits per heavy atom. The van der Waals surface area contributed by atoms with E-state index in [1.807, 2.05) is 31.7 Å². The fraction of sp³-hybridized carbons (Fsp3) is 0.250. The van der Waals surface area contributed by atoms with Crippen molar-refractivity contribution in [1.82, 2.24) is 19.4 Å². The van der Waals surface area contributed by atoms with Crippen molar-refractivity contribution >= 4 is 34.2 Å². The largest absolute Gasteiger partial charge is 0.366 e. The minimum absolute atomic E-state index is 0.0189. The van der Waals surface area contributed by atoms with Crippen LogP contribution in [0.4, 0.5) is 10.1 Å². The minimum Gasteiger partial charge on any atom is -0.366 e. The lowest BCUT2D eigenvalue weighted by Crippen LogP contribution is -2.49. The van der Waals surface area contributed by atoms with E-state index >= 15 is 0 Å². The Morgan fingerprint density at radius 3 is 2.51 bits per heavy atom. The molecule has 4 heterocycles. The number of terminal acetylenes is 1. The Balaban J connectivity index is 1.87. The Kier molecular flexibility index (Phi) is 7.65. The molecule has 1 fully saturated rings. The highest BCUT2D eigenvalue weighted by Crippen LogP contribution is 2.37. The van der Waals surface area contributed by atoms with Gasteiger partial charge in [-0.15, -0.1) is 6.42 Å². The van der Waals surface area contributed by atoms with Crippen LogP contribution >= 0.6 is 11.6 Å². The van der Waals surface area contributed by atoms with Crippen molar-refractivity contribution in [3.05, 3.63) is 93.3 Å². The molecule has 0 unspecified atom stereocenters. The molecule has 0 aliphatic carbocycles. The summed E-state index contributed by atoms with van der Waals surface area (Å²) in [5, 5.41) is 0.758. The van der Waals surface area contributed by atoms with Crippen LogP contribution in [0.15, 0.2) is 60.0 Å². The molecule has 9 heteroatoms. The number of pyridine rings is 3. The number of anilines is 1. The van der Waals surface area contributed by atoms with Gasteiger partial charge in [0.2, 0.25) is 5.91 Å². The summed E-state index contributed by atoms with van der Waals surface area (Å²) in [6, 6.07) is 9.74. The van der Waals surface area contributed by atoms with Gasteiger partial charge in [0.25, 0.3) is 5.56 Å². The number of amides is 1. The van der Waals surface area contributed by atoms with E-state index in [-0.39, 0.29) is 39.3 Å². The lowest BCUT2D eigenvalue weighted by Gasteiger charge is -2.37. The smallest absolute Gasteiger partial charge is 0.274 e. The molecule has 0 radical (unpaired) electrons. The molecule has 7 nitrogen and oxygen atoms in total. The number of rotatable bonds is 5. The van der Waals surface area contributed by atoms with Gasteiger partial charge in [-0.1, -0.05) is 50.1 Å². The number of piperazine rings is 1. The fourth-order valence-electron chi connectivity index (χ4n) is 5.34.